The molecule has 3 fully saturated rings. The Morgan fingerprint density at radius 3 is 2.04 bits per heavy atom. The molecule has 0 aromatic carbocycles. The molecule has 6 nitrogen and oxygen atoms in total. The van der Waals surface area contributed by atoms with Gasteiger partial charge >= 0.3 is 12.3 Å². The Balaban J connectivity index is 1.72. The molecule has 3 aliphatic rings. The Labute approximate surface area is 156 Å². The van der Waals surface area contributed by atoms with E-state index >= 15 is 0 Å². The number of carbonyl (C=O) groups excluding carboxylic acids is 2. The highest BCUT2D eigenvalue weighted by Crippen LogP contribution is 2.49. The molecule has 1 saturated carbocycles. The number of carbonyl (C=O) groups is 2. The second kappa shape index (κ2) is 6.53. The van der Waals surface area contributed by atoms with Crippen LogP contribution in [0.15, 0.2) is 0 Å². The topological polar surface area (TPSA) is 59.1 Å². The van der Waals surface area contributed by atoms with E-state index in [-0.39, 0.29) is 32.8 Å². The summed E-state index contributed by atoms with van der Waals surface area (Å²) >= 11 is 0. The van der Waals surface area contributed by atoms with Crippen molar-refractivity contribution in [1.82, 2.24) is 9.80 Å². The van der Waals surface area contributed by atoms with Gasteiger partial charge in [-0.05, 0) is 46.5 Å². The summed E-state index contributed by atoms with van der Waals surface area (Å²) in [6.45, 7) is 5.45. The smallest absolute Gasteiger partial charge is 0.410 e. The summed E-state index contributed by atoms with van der Waals surface area (Å²) in [4.78, 5) is 27.7. The Morgan fingerprint density at radius 1 is 0.963 bits per heavy atom. The molecule has 2 amide bonds. The molecule has 154 valence electrons. The number of amides is 2. The van der Waals surface area contributed by atoms with Gasteiger partial charge in [-0.1, -0.05) is 0 Å². The Morgan fingerprint density at radius 2 is 1.56 bits per heavy atom. The number of rotatable bonds is 1. The highest BCUT2D eigenvalue weighted by Gasteiger charge is 2.63. The molecule has 3 rings (SSSR count). The van der Waals surface area contributed by atoms with Crippen LogP contribution < -0.4 is 0 Å². The maximum atomic E-state index is 14.0. The summed E-state index contributed by atoms with van der Waals surface area (Å²) in [7, 11) is 0. The normalized spacial score (nSPS) is 24.7. The van der Waals surface area contributed by atoms with E-state index in [0.29, 0.717) is 0 Å². The van der Waals surface area contributed by atoms with Gasteiger partial charge in [-0.3, -0.25) is 4.79 Å². The zero-order chi connectivity index (χ0) is 20.1. The van der Waals surface area contributed by atoms with Crippen LogP contribution in [0.1, 0.15) is 46.5 Å². The summed E-state index contributed by atoms with van der Waals surface area (Å²) in [6, 6.07) is 0. The first-order valence-electron chi connectivity index (χ1n) is 9.36. The fourth-order valence-corrected chi connectivity index (χ4v) is 3.78. The predicted octanol–water partition coefficient (Wildman–Crippen LogP) is 2.96. The third-order valence-electron chi connectivity index (χ3n) is 5.56. The van der Waals surface area contributed by atoms with Crippen molar-refractivity contribution in [2.45, 2.75) is 63.8 Å². The molecule has 1 aliphatic carbocycles. The molecule has 1 spiro atoms. The van der Waals surface area contributed by atoms with Crippen molar-refractivity contribution < 1.29 is 32.2 Å². The molecular weight excluding hydrogens is 365 g/mol. The van der Waals surface area contributed by atoms with Crippen molar-refractivity contribution in [3.8, 4) is 0 Å². The molecule has 2 saturated heterocycles. The Hall–Kier alpha value is -1.51. The maximum Gasteiger partial charge on any atom is 0.410 e. The summed E-state index contributed by atoms with van der Waals surface area (Å²) in [6.07, 6.45) is -4.64. The standard InChI is InChI=1S/C18H27F3N2O4/c1-15(2,3)27-14(25)22-8-6-17(7-9-22,18(19,20)21)13(24)23-10-11-26-16(12-23)4-5-16/h4-12H2,1-3H3. The second-order valence-electron chi connectivity index (χ2n) is 8.81. The Bertz CT molecular complexity index is 603. The molecule has 0 atom stereocenters. The fourth-order valence-electron chi connectivity index (χ4n) is 3.78. The number of halogens is 3. The molecule has 0 unspecified atom stereocenters. The van der Waals surface area contributed by atoms with Crippen LogP contribution in [0.3, 0.4) is 0 Å². The van der Waals surface area contributed by atoms with Crippen LogP contribution in [0.25, 0.3) is 0 Å². The molecule has 9 heteroatoms. The molecule has 0 N–H and O–H groups in total. The first-order valence-corrected chi connectivity index (χ1v) is 9.36. The van der Waals surface area contributed by atoms with E-state index in [0.717, 1.165) is 12.8 Å². The van der Waals surface area contributed by atoms with Gasteiger partial charge < -0.3 is 19.3 Å². The van der Waals surface area contributed by atoms with Crippen LogP contribution in [0, 0.1) is 5.41 Å². The van der Waals surface area contributed by atoms with Crippen LogP contribution in [0.4, 0.5) is 18.0 Å². The first-order chi connectivity index (χ1) is 12.4. The highest BCUT2D eigenvalue weighted by atomic mass is 19.4. The van der Waals surface area contributed by atoms with Gasteiger partial charge in [0.1, 0.15) is 11.0 Å². The summed E-state index contributed by atoms with van der Waals surface area (Å²) < 4.78 is 52.8. The molecular formula is C18H27F3N2O4. The number of nitrogens with zero attached hydrogens (tertiary/aromatic N) is 2. The molecule has 2 aliphatic heterocycles. The minimum absolute atomic E-state index is 0.157. The largest absolute Gasteiger partial charge is 0.444 e. The molecule has 0 aromatic heterocycles. The third-order valence-corrected chi connectivity index (χ3v) is 5.56. The van der Waals surface area contributed by atoms with Crippen LogP contribution in [0.2, 0.25) is 0 Å². The van der Waals surface area contributed by atoms with E-state index in [4.69, 9.17) is 9.47 Å². The predicted molar refractivity (Wildman–Crippen MR) is 90.0 cm³/mol. The summed E-state index contributed by atoms with van der Waals surface area (Å²) in [5.74, 6) is -0.881. The summed E-state index contributed by atoms with van der Waals surface area (Å²) in [5.41, 5.74) is -3.60. The van der Waals surface area contributed by atoms with Crippen molar-refractivity contribution in [2.75, 3.05) is 32.8 Å². The van der Waals surface area contributed by atoms with E-state index in [1.807, 2.05) is 0 Å². The average Bonchev–Trinajstić information content (AvgIpc) is 3.30. The average molecular weight is 392 g/mol. The fraction of sp³-hybridized carbons (Fsp3) is 0.889. The maximum absolute atomic E-state index is 14.0. The van der Waals surface area contributed by atoms with Gasteiger partial charge in [0.2, 0.25) is 5.91 Å². The minimum Gasteiger partial charge on any atom is -0.444 e. The zero-order valence-electron chi connectivity index (χ0n) is 16.0. The SMILES string of the molecule is CC(C)(C)OC(=O)N1CCC(C(=O)N2CCOC3(CC3)C2)(C(F)(F)F)CC1. The molecule has 0 bridgehead atoms. The van der Waals surface area contributed by atoms with Gasteiger partial charge in [0.05, 0.1) is 12.2 Å². The number of hydrogen-bond donors (Lipinski definition) is 0. The van der Waals surface area contributed by atoms with Gasteiger partial charge in [-0.15, -0.1) is 0 Å². The lowest BCUT2D eigenvalue weighted by Gasteiger charge is -2.45. The molecule has 2 heterocycles. The minimum atomic E-state index is -4.67. The van der Waals surface area contributed by atoms with Gasteiger partial charge in [-0.2, -0.15) is 13.2 Å². The number of ether oxygens (including phenoxy) is 2. The lowest BCUT2D eigenvalue weighted by Crippen LogP contribution is -2.60. The van der Waals surface area contributed by atoms with Crippen molar-refractivity contribution in [3.63, 3.8) is 0 Å². The van der Waals surface area contributed by atoms with Crippen molar-refractivity contribution in [1.29, 1.82) is 0 Å². The molecule has 0 aromatic rings. The highest BCUT2D eigenvalue weighted by molar-refractivity contribution is 5.84. The van der Waals surface area contributed by atoms with Crippen LogP contribution in [-0.2, 0) is 14.3 Å². The number of piperidine rings is 1. The third kappa shape index (κ3) is 4.02. The van der Waals surface area contributed by atoms with Crippen molar-refractivity contribution in [3.05, 3.63) is 0 Å². The van der Waals surface area contributed by atoms with Crippen LogP contribution in [-0.4, -0.2) is 72.0 Å². The lowest BCUT2D eigenvalue weighted by molar-refractivity contribution is -0.240. The second-order valence-corrected chi connectivity index (χ2v) is 8.81. The number of morpholine rings is 1. The van der Waals surface area contributed by atoms with Gasteiger partial charge in [-0.25, -0.2) is 4.79 Å². The van der Waals surface area contributed by atoms with Crippen molar-refractivity contribution in [2.24, 2.45) is 5.41 Å². The van der Waals surface area contributed by atoms with E-state index in [2.05, 4.69) is 0 Å². The number of alkyl halides is 3. The van der Waals surface area contributed by atoms with Crippen molar-refractivity contribution >= 4 is 12.0 Å². The van der Waals surface area contributed by atoms with Crippen LogP contribution >= 0.6 is 0 Å². The molecule has 0 radical (unpaired) electrons. The summed E-state index contributed by atoms with van der Waals surface area (Å²) in [5, 5.41) is 0. The monoisotopic (exact) mass is 392 g/mol. The quantitative estimate of drug-likeness (QED) is 0.689. The number of likely N-dealkylation sites (tertiary alicyclic amines) is 1. The van der Waals surface area contributed by atoms with Gasteiger partial charge in [0, 0.05) is 26.2 Å². The lowest BCUT2D eigenvalue weighted by atomic mass is 9.76. The van der Waals surface area contributed by atoms with Crippen LogP contribution in [0.5, 0.6) is 0 Å². The van der Waals surface area contributed by atoms with E-state index in [1.165, 1.54) is 9.80 Å². The first kappa shape index (κ1) is 20.2. The van der Waals surface area contributed by atoms with Gasteiger partial charge in [0.15, 0.2) is 0 Å². The number of hydrogen-bond acceptors (Lipinski definition) is 4. The zero-order valence-corrected chi connectivity index (χ0v) is 16.0. The van der Waals surface area contributed by atoms with E-state index in [1.54, 1.807) is 20.8 Å². The van der Waals surface area contributed by atoms with E-state index < -0.39 is 47.6 Å². The molecule has 27 heavy (non-hydrogen) atoms. The van der Waals surface area contributed by atoms with E-state index in [9.17, 15) is 22.8 Å². The Kier molecular flexibility index (Phi) is 4.89. The van der Waals surface area contributed by atoms with Gasteiger partial charge in [0.25, 0.3) is 0 Å².